The van der Waals surface area contributed by atoms with Crippen molar-refractivity contribution < 1.29 is 19.1 Å². The van der Waals surface area contributed by atoms with Crippen LogP contribution in [-0.4, -0.2) is 41.3 Å². The summed E-state index contributed by atoms with van der Waals surface area (Å²) in [6.45, 7) is 0.177. The number of hydrogen-bond donors (Lipinski definition) is 1. The first-order valence-corrected chi connectivity index (χ1v) is 8.47. The first kappa shape index (κ1) is 18.1. The van der Waals surface area contributed by atoms with E-state index in [-0.39, 0.29) is 18.3 Å². The molecule has 0 radical (unpaired) electrons. The average Bonchev–Trinajstić information content (AvgIpc) is 3.12. The zero-order valence-electron chi connectivity index (χ0n) is 14.5. The second-order valence-corrected chi connectivity index (χ2v) is 6.40. The number of halogens is 1. The van der Waals surface area contributed by atoms with Crippen LogP contribution < -0.4 is 0 Å². The number of likely N-dealkylation sites (N-methyl/N-ethyl adjacent to an activating group) is 1. The van der Waals surface area contributed by atoms with E-state index >= 15 is 0 Å². The highest BCUT2D eigenvalue weighted by Gasteiger charge is 2.31. The molecule has 136 valence electrons. The zero-order valence-corrected chi connectivity index (χ0v) is 14.5. The quantitative estimate of drug-likeness (QED) is 0.866. The summed E-state index contributed by atoms with van der Waals surface area (Å²) in [6.07, 6.45) is -0.535. The molecule has 1 amide bonds. The van der Waals surface area contributed by atoms with Crippen molar-refractivity contribution in [1.29, 1.82) is 0 Å². The SMILES string of the molecule is CN(CC(O)c1ccccc1)C(=O)C1CC(Cc2ccc(F)cc2)=NO1. The van der Waals surface area contributed by atoms with E-state index in [4.69, 9.17) is 4.84 Å². The Bertz CT molecular complexity index is 777. The van der Waals surface area contributed by atoms with Crippen LogP contribution in [0, 0.1) is 5.82 Å². The monoisotopic (exact) mass is 356 g/mol. The van der Waals surface area contributed by atoms with Crippen LogP contribution in [0.3, 0.4) is 0 Å². The van der Waals surface area contributed by atoms with Crippen LogP contribution in [0.1, 0.15) is 23.7 Å². The Kier molecular flexibility index (Phi) is 5.63. The molecule has 2 aromatic carbocycles. The maximum absolute atomic E-state index is 13.0. The number of amides is 1. The Hall–Kier alpha value is -2.73. The zero-order chi connectivity index (χ0) is 18.5. The lowest BCUT2D eigenvalue weighted by Gasteiger charge is -2.23. The van der Waals surface area contributed by atoms with Crippen molar-refractivity contribution >= 4 is 11.6 Å². The van der Waals surface area contributed by atoms with E-state index < -0.39 is 12.2 Å². The summed E-state index contributed by atoms with van der Waals surface area (Å²) in [5, 5.41) is 14.2. The first-order valence-electron chi connectivity index (χ1n) is 8.47. The minimum atomic E-state index is -0.758. The van der Waals surface area contributed by atoms with Crippen LogP contribution >= 0.6 is 0 Å². The lowest BCUT2D eigenvalue weighted by Crippen LogP contribution is -2.39. The van der Waals surface area contributed by atoms with Gasteiger partial charge in [-0.25, -0.2) is 4.39 Å². The molecule has 0 fully saturated rings. The number of aliphatic hydroxyl groups is 1. The highest BCUT2D eigenvalue weighted by Crippen LogP contribution is 2.19. The van der Waals surface area contributed by atoms with Gasteiger partial charge in [0.2, 0.25) is 6.10 Å². The molecule has 1 aliphatic heterocycles. The van der Waals surface area contributed by atoms with Crippen molar-refractivity contribution in [2.75, 3.05) is 13.6 Å². The van der Waals surface area contributed by atoms with Gasteiger partial charge < -0.3 is 14.8 Å². The minimum Gasteiger partial charge on any atom is -0.387 e. The number of oxime groups is 1. The van der Waals surface area contributed by atoms with Crippen LogP contribution in [0.25, 0.3) is 0 Å². The number of carbonyl (C=O) groups is 1. The summed E-state index contributed by atoms with van der Waals surface area (Å²) in [5.41, 5.74) is 2.41. The molecule has 0 saturated carbocycles. The lowest BCUT2D eigenvalue weighted by atomic mass is 10.0. The molecule has 6 heteroatoms. The van der Waals surface area contributed by atoms with Crippen molar-refractivity contribution in [3.05, 3.63) is 71.5 Å². The summed E-state index contributed by atoms with van der Waals surface area (Å²) in [5.74, 6) is -0.511. The average molecular weight is 356 g/mol. The number of aliphatic hydroxyl groups excluding tert-OH is 1. The van der Waals surface area contributed by atoms with Gasteiger partial charge in [0.05, 0.1) is 18.4 Å². The molecule has 0 bridgehead atoms. The Labute approximate surface area is 151 Å². The summed E-state index contributed by atoms with van der Waals surface area (Å²) in [6, 6.07) is 15.4. The first-order chi connectivity index (χ1) is 12.5. The predicted octanol–water partition coefficient (Wildman–Crippen LogP) is 2.71. The van der Waals surface area contributed by atoms with Crippen LogP contribution in [0.5, 0.6) is 0 Å². The van der Waals surface area contributed by atoms with Gasteiger partial charge in [0.15, 0.2) is 0 Å². The Morgan fingerprint density at radius 2 is 1.96 bits per heavy atom. The largest absolute Gasteiger partial charge is 0.387 e. The van der Waals surface area contributed by atoms with Gasteiger partial charge in [-0.1, -0.05) is 47.6 Å². The van der Waals surface area contributed by atoms with E-state index in [0.717, 1.165) is 16.8 Å². The molecular weight excluding hydrogens is 335 g/mol. The maximum Gasteiger partial charge on any atom is 0.266 e. The van der Waals surface area contributed by atoms with E-state index in [1.807, 2.05) is 30.3 Å². The second kappa shape index (κ2) is 8.10. The molecule has 2 aromatic rings. The molecule has 0 spiro atoms. The van der Waals surface area contributed by atoms with Gasteiger partial charge in [-0.15, -0.1) is 0 Å². The van der Waals surface area contributed by atoms with Crippen molar-refractivity contribution in [1.82, 2.24) is 4.90 Å². The van der Waals surface area contributed by atoms with Gasteiger partial charge in [-0.3, -0.25) is 4.79 Å². The Balaban J connectivity index is 1.52. The maximum atomic E-state index is 13.0. The van der Waals surface area contributed by atoms with Gasteiger partial charge in [-0.2, -0.15) is 0 Å². The van der Waals surface area contributed by atoms with Crippen molar-refractivity contribution in [3.8, 4) is 0 Å². The van der Waals surface area contributed by atoms with Crippen LogP contribution in [0.15, 0.2) is 59.8 Å². The van der Waals surface area contributed by atoms with E-state index in [2.05, 4.69) is 5.16 Å². The summed E-state index contributed by atoms with van der Waals surface area (Å²) in [7, 11) is 1.63. The fourth-order valence-electron chi connectivity index (χ4n) is 2.88. The Morgan fingerprint density at radius 3 is 2.65 bits per heavy atom. The molecule has 5 nitrogen and oxygen atoms in total. The smallest absolute Gasteiger partial charge is 0.266 e. The van der Waals surface area contributed by atoms with E-state index in [0.29, 0.717) is 12.8 Å². The van der Waals surface area contributed by atoms with Crippen LogP contribution in [0.4, 0.5) is 4.39 Å². The second-order valence-electron chi connectivity index (χ2n) is 6.40. The van der Waals surface area contributed by atoms with Gasteiger partial charge in [0.25, 0.3) is 5.91 Å². The number of benzene rings is 2. The molecule has 1 aliphatic rings. The minimum absolute atomic E-state index is 0.177. The van der Waals surface area contributed by atoms with E-state index in [1.54, 1.807) is 19.2 Å². The number of carbonyl (C=O) groups excluding carboxylic acids is 1. The van der Waals surface area contributed by atoms with Gasteiger partial charge in [0, 0.05) is 19.9 Å². The van der Waals surface area contributed by atoms with E-state index in [9.17, 15) is 14.3 Å². The molecule has 0 saturated heterocycles. The van der Waals surface area contributed by atoms with Gasteiger partial charge >= 0.3 is 0 Å². The number of hydrogen-bond acceptors (Lipinski definition) is 4. The molecule has 26 heavy (non-hydrogen) atoms. The Morgan fingerprint density at radius 1 is 1.27 bits per heavy atom. The van der Waals surface area contributed by atoms with Crippen LogP contribution in [-0.2, 0) is 16.1 Å². The fourth-order valence-corrected chi connectivity index (χ4v) is 2.88. The standard InChI is InChI=1S/C20H21FN2O3/c1-23(13-18(24)15-5-3-2-4-6-15)20(25)19-12-17(22-26-19)11-14-7-9-16(21)10-8-14/h2-10,18-19,24H,11-13H2,1H3. The molecule has 0 aromatic heterocycles. The summed E-state index contributed by atoms with van der Waals surface area (Å²) >= 11 is 0. The lowest BCUT2D eigenvalue weighted by molar-refractivity contribution is -0.142. The molecule has 0 aliphatic carbocycles. The van der Waals surface area contributed by atoms with Gasteiger partial charge in [-0.05, 0) is 23.3 Å². The highest BCUT2D eigenvalue weighted by molar-refractivity contribution is 5.93. The third kappa shape index (κ3) is 4.46. The highest BCUT2D eigenvalue weighted by atomic mass is 19.1. The van der Waals surface area contributed by atoms with E-state index in [1.165, 1.54) is 17.0 Å². The third-order valence-electron chi connectivity index (χ3n) is 4.33. The number of nitrogens with zero attached hydrogens (tertiary/aromatic N) is 2. The molecule has 2 atom stereocenters. The summed E-state index contributed by atoms with van der Waals surface area (Å²) in [4.78, 5) is 19.3. The molecule has 2 unspecified atom stereocenters. The molecule has 3 rings (SSSR count). The predicted molar refractivity (Wildman–Crippen MR) is 96.1 cm³/mol. The van der Waals surface area contributed by atoms with Crippen LogP contribution in [0.2, 0.25) is 0 Å². The van der Waals surface area contributed by atoms with Crippen molar-refractivity contribution in [3.63, 3.8) is 0 Å². The normalized spacial score (nSPS) is 17.3. The van der Waals surface area contributed by atoms with Crippen molar-refractivity contribution in [2.45, 2.75) is 25.0 Å². The third-order valence-corrected chi connectivity index (χ3v) is 4.33. The molecule has 1 N–H and O–H groups in total. The summed E-state index contributed by atoms with van der Waals surface area (Å²) < 4.78 is 13.0. The van der Waals surface area contributed by atoms with Gasteiger partial charge in [0.1, 0.15) is 5.82 Å². The molecular formula is C20H21FN2O3. The molecule has 1 heterocycles. The number of rotatable bonds is 6. The topological polar surface area (TPSA) is 62.1 Å². The van der Waals surface area contributed by atoms with Crippen molar-refractivity contribution in [2.24, 2.45) is 5.16 Å². The fraction of sp³-hybridized carbons (Fsp3) is 0.300.